The summed E-state index contributed by atoms with van der Waals surface area (Å²) in [6, 6.07) is 16.9. The summed E-state index contributed by atoms with van der Waals surface area (Å²) >= 11 is 6.73. The smallest absolute Gasteiger partial charge is 0.337 e. The molecular weight excluding hydrogens is 504 g/mol. The second kappa shape index (κ2) is 13.0. The lowest BCUT2D eigenvalue weighted by atomic mass is 10.0. The van der Waals surface area contributed by atoms with Gasteiger partial charge in [0, 0.05) is 25.0 Å². The number of methoxy groups -OCH3 is 1. The average Bonchev–Trinajstić information content (AvgIpc) is 3.14. The van der Waals surface area contributed by atoms with Crippen LogP contribution in [0.2, 0.25) is 0 Å². The molecule has 37 heavy (non-hydrogen) atoms. The fourth-order valence-corrected chi connectivity index (χ4v) is 5.31. The SMILES string of the molecule is COC(=O)c1ccc(/C=C2\SC(=S)N(CCCCCC(=O)N(Cc3ccccc3)C(C)(C)C)C2=O)cc1. The van der Waals surface area contributed by atoms with E-state index in [9.17, 15) is 14.4 Å². The summed E-state index contributed by atoms with van der Waals surface area (Å²) in [6.45, 7) is 7.31. The minimum absolute atomic E-state index is 0.107. The van der Waals surface area contributed by atoms with Crippen molar-refractivity contribution in [2.24, 2.45) is 0 Å². The lowest BCUT2D eigenvalue weighted by Crippen LogP contribution is -2.45. The summed E-state index contributed by atoms with van der Waals surface area (Å²) in [5.41, 5.74) is 2.12. The molecule has 0 aromatic heterocycles. The number of rotatable bonds is 10. The molecule has 0 N–H and O–H groups in total. The number of hydrogen-bond acceptors (Lipinski definition) is 6. The van der Waals surface area contributed by atoms with Gasteiger partial charge in [-0.1, -0.05) is 72.9 Å². The fourth-order valence-electron chi connectivity index (χ4n) is 4.00. The molecule has 0 atom stereocenters. The molecule has 2 aromatic rings. The van der Waals surface area contributed by atoms with Crippen LogP contribution in [-0.2, 0) is 20.9 Å². The standard InChI is InChI=1S/C29H34N2O4S2/c1-29(2,3)31(20-22-11-7-5-8-12-22)25(32)13-9-6-10-18-30-26(33)24(37-28(30)36)19-21-14-16-23(17-15-21)27(34)35-4/h5,7-8,11-12,14-17,19H,6,9-10,13,18,20H2,1-4H3/b24-19-. The first kappa shape index (κ1) is 28.6. The third-order valence-electron chi connectivity index (χ3n) is 6.07. The first-order valence-electron chi connectivity index (χ1n) is 12.4. The predicted molar refractivity (Wildman–Crippen MR) is 153 cm³/mol. The number of hydrogen-bond donors (Lipinski definition) is 0. The maximum Gasteiger partial charge on any atom is 0.337 e. The molecule has 2 aromatic carbocycles. The minimum Gasteiger partial charge on any atom is -0.465 e. The van der Waals surface area contributed by atoms with Crippen LogP contribution >= 0.6 is 24.0 Å². The predicted octanol–water partition coefficient (Wildman–Crippen LogP) is 6.06. The number of nitrogens with zero attached hydrogens (tertiary/aromatic N) is 2. The van der Waals surface area contributed by atoms with Crippen LogP contribution in [-0.4, -0.2) is 51.1 Å². The van der Waals surface area contributed by atoms with Crippen LogP contribution in [0.15, 0.2) is 59.5 Å². The average molecular weight is 539 g/mol. The highest BCUT2D eigenvalue weighted by atomic mass is 32.2. The zero-order valence-corrected chi connectivity index (χ0v) is 23.5. The number of ether oxygens (including phenoxy) is 1. The second-order valence-electron chi connectivity index (χ2n) is 9.89. The van der Waals surface area contributed by atoms with Crippen LogP contribution in [0.5, 0.6) is 0 Å². The van der Waals surface area contributed by atoms with E-state index in [0.717, 1.165) is 30.4 Å². The molecule has 1 saturated heterocycles. The van der Waals surface area contributed by atoms with Gasteiger partial charge in [0.1, 0.15) is 4.32 Å². The number of esters is 1. The molecule has 2 amide bonds. The summed E-state index contributed by atoms with van der Waals surface area (Å²) in [5, 5.41) is 0. The fraction of sp³-hybridized carbons (Fsp3) is 0.379. The molecule has 1 heterocycles. The van der Waals surface area contributed by atoms with Gasteiger partial charge >= 0.3 is 5.97 Å². The molecule has 0 saturated carbocycles. The number of thioether (sulfide) groups is 1. The summed E-state index contributed by atoms with van der Waals surface area (Å²) in [5.74, 6) is -0.366. The van der Waals surface area contributed by atoms with Crippen molar-refractivity contribution in [3.8, 4) is 0 Å². The van der Waals surface area contributed by atoms with Gasteiger partial charge in [0.05, 0.1) is 17.6 Å². The molecule has 6 nitrogen and oxygen atoms in total. The van der Waals surface area contributed by atoms with E-state index in [4.69, 9.17) is 17.0 Å². The number of carbonyl (C=O) groups is 3. The Morgan fingerprint density at radius 2 is 1.70 bits per heavy atom. The van der Waals surface area contributed by atoms with Crippen molar-refractivity contribution in [1.82, 2.24) is 9.80 Å². The third-order valence-corrected chi connectivity index (χ3v) is 7.45. The highest BCUT2D eigenvalue weighted by Gasteiger charge is 2.31. The first-order valence-corrected chi connectivity index (χ1v) is 13.6. The summed E-state index contributed by atoms with van der Waals surface area (Å²) in [7, 11) is 1.34. The van der Waals surface area contributed by atoms with E-state index in [1.165, 1.54) is 18.9 Å². The molecule has 8 heteroatoms. The number of thiocarbonyl (C=S) groups is 1. The van der Waals surface area contributed by atoms with Gasteiger partial charge in [-0.15, -0.1) is 0 Å². The molecular formula is C29H34N2O4S2. The highest BCUT2D eigenvalue weighted by molar-refractivity contribution is 8.26. The molecule has 0 bridgehead atoms. The third kappa shape index (κ3) is 8.01. The van der Waals surface area contributed by atoms with Crippen molar-refractivity contribution in [3.63, 3.8) is 0 Å². The lowest BCUT2D eigenvalue weighted by molar-refractivity contribution is -0.137. The van der Waals surface area contributed by atoms with Gasteiger partial charge in [0.15, 0.2) is 0 Å². The molecule has 0 unspecified atom stereocenters. The Balaban J connectivity index is 1.48. The van der Waals surface area contributed by atoms with Crippen molar-refractivity contribution >= 4 is 52.2 Å². The van der Waals surface area contributed by atoms with Crippen LogP contribution in [0.1, 0.15) is 67.9 Å². The van der Waals surface area contributed by atoms with Gasteiger partial charge in [-0.2, -0.15) is 0 Å². The maximum absolute atomic E-state index is 13.0. The Kier molecular flexibility index (Phi) is 10.1. The van der Waals surface area contributed by atoms with Gasteiger partial charge < -0.3 is 9.64 Å². The van der Waals surface area contributed by atoms with Gasteiger partial charge in [0.25, 0.3) is 5.91 Å². The topological polar surface area (TPSA) is 66.9 Å². The van der Waals surface area contributed by atoms with Crippen molar-refractivity contribution in [3.05, 3.63) is 76.2 Å². The normalized spacial score (nSPS) is 14.8. The van der Waals surface area contributed by atoms with Gasteiger partial charge in [-0.3, -0.25) is 14.5 Å². The van der Waals surface area contributed by atoms with Crippen molar-refractivity contribution in [1.29, 1.82) is 0 Å². The summed E-state index contributed by atoms with van der Waals surface area (Å²) in [6.07, 6.45) is 4.63. The molecule has 1 aliphatic heterocycles. The van der Waals surface area contributed by atoms with E-state index in [1.807, 2.05) is 35.2 Å². The van der Waals surface area contributed by atoms with Crippen LogP contribution in [0.3, 0.4) is 0 Å². The Bertz CT molecular complexity index is 1150. The quantitative estimate of drug-likeness (QED) is 0.159. The van der Waals surface area contributed by atoms with Crippen LogP contribution in [0, 0.1) is 0 Å². The Morgan fingerprint density at radius 1 is 1.03 bits per heavy atom. The van der Waals surface area contributed by atoms with Gasteiger partial charge in [-0.05, 0) is 62.9 Å². The van der Waals surface area contributed by atoms with E-state index in [1.54, 1.807) is 35.2 Å². The van der Waals surface area contributed by atoms with Crippen molar-refractivity contribution in [2.75, 3.05) is 13.7 Å². The lowest BCUT2D eigenvalue weighted by Gasteiger charge is -2.36. The Morgan fingerprint density at radius 3 is 2.32 bits per heavy atom. The van der Waals surface area contributed by atoms with E-state index in [2.05, 4.69) is 20.8 Å². The molecule has 0 spiro atoms. The van der Waals surface area contributed by atoms with E-state index in [0.29, 0.717) is 34.3 Å². The zero-order chi connectivity index (χ0) is 27.0. The van der Waals surface area contributed by atoms with Gasteiger partial charge in [-0.25, -0.2) is 4.79 Å². The molecule has 1 aliphatic rings. The van der Waals surface area contributed by atoms with Crippen LogP contribution in [0.4, 0.5) is 0 Å². The Labute approximate surface area is 229 Å². The maximum atomic E-state index is 13.0. The van der Waals surface area contributed by atoms with Crippen molar-refractivity contribution < 1.29 is 19.1 Å². The van der Waals surface area contributed by atoms with E-state index in [-0.39, 0.29) is 17.4 Å². The van der Waals surface area contributed by atoms with Crippen LogP contribution in [0.25, 0.3) is 6.08 Å². The molecule has 3 rings (SSSR count). The highest BCUT2D eigenvalue weighted by Crippen LogP contribution is 2.33. The monoisotopic (exact) mass is 538 g/mol. The number of carbonyl (C=O) groups excluding carboxylic acids is 3. The van der Waals surface area contributed by atoms with Crippen molar-refractivity contribution in [2.45, 2.75) is 58.5 Å². The minimum atomic E-state index is -0.401. The van der Waals surface area contributed by atoms with E-state index < -0.39 is 5.97 Å². The first-order chi connectivity index (χ1) is 17.6. The van der Waals surface area contributed by atoms with Gasteiger partial charge in [0.2, 0.25) is 5.91 Å². The largest absolute Gasteiger partial charge is 0.465 e. The van der Waals surface area contributed by atoms with Crippen LogP contribution < -0.4 is 0 Å². The molecule has 1 fully saturated rings. The van der Waals surface area contributed by atoms with E-state index >= 15 is 0 Å². The molecule has 0 radical (unpaired) electrons. The Hall–Kier alpha value is -2.97. The second-order valence-corrected chi connectivity index (χ2v) is 11.6. The molecule has 0 aliphatic carbocycles. The molecule has 196 valence electrons. The zero-order valence-electron chi connectivity index (χ0n) is 21.9. The summed E-state index contributed by atoms with van der Waals surface area (Å²) in [4.78, 5) is 41.7. The number of benzene rings is 2. The summed E-state index contributed by atoms with van der Waals surface area (Å²) < 4.78 is 5.26. The number of unbranched alkanes of at least 4 members (excludes halogenated alkanes) is 2. The number of amides is 2.